The lowest BCUT2D eigenvalue weighted by Gasteiger charge is -2.38. The first kappa shape index (κ1) is 13.1. The van der Waals surface area contributed by atoms with Crippen molar-refractivity contribution in [2.45, 2.75) is 5.92 Å². The second-order valence-corrected chi connectivity index (χ2v) is 4.39. The zero-order chi connectivity index (χ0) is 13.8. The van der Waals surface area contributed by atoms with Crippen LogP contribution in [0.1, 0.15) is 21.8 Å². The predicted molar refractivity (Wildman–Crippen MR) is 69.3 cm³/mol. The lowest BCUT2D eigenvalue weighted by molar-refractivity contribution is 0.0697. The Hall–Kier alpha value is -2.30. The lowest BCUT2D eigenvalue weighted by Crippen LogP contribution is -2.48. The lowest BCUT2D eigenvalue weighted by atomic mass is 9.91. The Morgan fingerprint density at radius 1 is 1.37 bits per heavy atom. The Kier molecular flexibility index (Phi) is 3.85. The van der Waals surface area contributed by atoms with E-state index in [9.17, 15) is 9.59 Å². The van der Waals surface area contributed by atoms with E-state index in [1.807, 2.05) is 0 Å². The van der Waals surface area contributed by atoms with Crippen molar-refractivity contribution in [2.75, 3.05) is 19.7 Å². The maximum Gasteiger partial charge on any atom is 0.410 e. The van der Waals surface area contributed by atoms with Gasteiger partial charge in [0.1, 0.15) is 6.61 Å². The van der Waals surface area contributed by atoms with E-state index in [4.69, 9.17) is 9.84 Å². The zero-order valence-corrected chi connectivity index (χ0v) is 10.4. The highest BCUT2D eigenvalue weighted by Crippen LogP contribution is 2.27. The molecule has 0 aliphatic carbocycles. The van der Waals surface area contributed by atoms with Gasteiger partial charge in [0.25, 0.3) is 0 Å². The van der Waals surface area contributed by atoms with Crippen LogP contribution in [0.2, 0.25) is 0 Å². The van der Waals surface area contributed by atoms with Crippen LogP contribution in [0.5, 0.6) is 0 Å². The summed E-state index contributed by atoms with van der Waals surface area (Å²) in [6, 6.07) is 6.74. The van der Waals surface area contributed by atoms with Gasteiger partial charge in [-0.25, -0.2) is 9.59 Å². The van der Waals surface area contributed by atoms with E-state index < -0.39 is 5.97 Å². The molecular weight excluding hydrogens is 246 g/mol. The van der Waals surface area contributed by atoms with Crippen LogP contribution >= 0.6 is 0 Å². The summed E-state index contributed by atoms with van der Waals surface area (Å²) in [4.78, 5) is 23.8. The van der Waals surface area contributed by atoms with Gasteiger partial charge in [0.15, 0.2) is 0 Å². The van der Waals surface area contributed by atoms with Gasteiger partial charge in [-0.05, 0) is 17.7 Å². The third-order valence-electron chi connectivity index (χ3n) is 3.09. The summed E-state index contributed by atoms with van der Waals surface area (Å²) in [5.41, 5.74) is 1.31. The zero-order valence-electron chi connectivity index (χ0n) is 10.4. The maximum atomic E-state index is 11.5. The fourth-order valence-corrected chi connectivity index (χ4v) is 1.96. The van der Waals surface area contributed by atoms with E-state index in [2.05, 4.69) is 6.58 Å². The molecule has 0 bridgehead atoms. The molecular formula is C14H15NO4. The molecule has 1 aliphatic rings. The number of nitrogens with zero attached hydrogens (tertiary/aromatic N) is 1. The molecule has 1 heterocycles. The van der Waals surface area contributed by atoms with Gasteiger partial charge in [-0.1, -0.05) is 24.8 Å². The first-order chi connectivity index (χ1) is 9.11. The Bertz CT molecular complexity index is 489. The van der Waals surface area contributed by atoms with Crippen molar-refractivity contribution >= 4 is 12.1 Å². The van der Waals surface area contributed by atoms with Crippen LogP contribution in [0.4, 0.5) is 4.79 Å². The van der Waals surface area contributed by atoms with E-state index in [-0.39, 0.29) is 24.2 Å². The average Bonchev–Trinajstić information content (AvgIpc) is 2.35. The molecule has 1 aromatic rings. The summed E-state index contributed by atoms with van der Waals surface area (Å²) in [7, 11) is 0. The van der Waals surface area contributed by atoms with Gasteiger partial charge in [0, 0.05) is 19.0 Å². The number of rotatable bonds is 4. The van der Waals surface area contributed by atoms with Crippen LogP contribution in [0.15, 0.2) is 36.9 Å². The number of hydrogen-bond donors (Lipinski definition) is 1. The second kappa shape index (κ2) is 5.56. The van der Waals surface area contributed by atoms with E-state index >= 15 is 0 Å². The molecule has 19 heavy (non-hydrogen) atoms. The maximum absolute atomic E-state index is 11.5. The highest BCUT2D eigenvalue weighted by molar-refractivity contribution is 5.87. The molecule has 1 N–H and O–H groups in total. The van der Waals surface area contributed by atoms with Crippen molar-refractivity contribution in [3.8, 4) is 0 Å². The van der Waals surface area contributed by atoms with E-state index in [1.54, 1.807) is 29.2 Å². The quantitative estimate of drug-likeness (QED) is 0.843. The summed E-state index contributed by atoms with van der Waals surface area (Å²) < 4.78 is 4.92. The van der Waals surface area contributed by atoms with Crippen LogP contribution in [0, 0.1) is 0 Å². The molecule has 0 unspecified atom stereocenters. The largest absolute Gasteiger partial charge is 0.478 e. The molecule has 1 aliphatic heterocycles. The normalized spacial score (nSPS) is 14.6. The standard InChI is InChI=1S/C14H15NO4/c1-2-7-19-14(18)15-8-12(9-15)10-3-5-11(6-4-10)13(16)17/h2-6,12H,1,7-9H2,(H,16,17). The number of carboxylic acids is 1. The van der Waals surface area contributed by atoms with Crippen molar-refractivity contribution in [1.82, 2.24) is 4.90 Å². The molecule has 5 heteroatoms. The molecule has 0 saturated carbocycles. The van der Waals surface area contributed by atoms with Crippen LogP contribution < -0.4 is 0 Å². The minimum atomic E-state index is -0.935. The van der Waals surface area contributed by atoms with Gasteiger partial charge in [-0.2, -0.15) is 0 Å². The van der Waals surface area contributed by atoms with Crippen molar-refractivity contribution in [2.24, 2.45) is 0 Å². The summed E-state index contributed by atoms with van der Waals surface area (Å²) >= 11 is 0. The molecule has 1 saturated heterocycles. The number of ether oxygens (including phenoxy) is 1. The molecule has 1 aromatic carbocycles. The van der Waals surface area contributed by atoms with Gasteiger partial charge in [-0.3, -0.25) is 0 Å². The smallest absolute Gasteiger partial charge is 0.410 e. The van der Waals surface area contributed by atoms with Gasteiger partial charge >= 0.3 is 12.1 Å². The number of aromatic carboxylic acids is 1. The number of amides is 1. The monoisotopic (exact) mass is 261 g/mol. The van der Waals surface area contributed by atoms with Crippen molar-refractivity contribution in [3.63, 3.8) is 0 Å². The Balaban J connectivity index is 1.88. The van der Waals surface area contributed by atoms with Crippen molar-refractivity contribution < 1.29 is 19.4 Å². The Morgan fingerprint density at radius 2 is 2.00 bits per heavy atom. The van der Waals surface area contributed by atoms with E-state index in [0.29, 0.717) is 13.1 Å². The van der Waals surface area contributed by atoms with Crippen molar-refractivity contribution in [3.05, 3.63) is 48.0 Å². The first-order valence-electron chi connectivity index (χ1n) is 5.97. The minimum Gasteiger partial charge on any atom is -0.478 e. The summed E-state index contributed by atoms with van der Waals surface area (Å²) in [5.74, 6) is -0.686. The van der Waals surface area contributed by atoms with E-state index in [0.717, 1.165) is 5.56 Å². The number of carboxylic acid groups (broad SMARTS) is 1. The number of hydrogen-bond acceptors (Lipinski definition) is 3. The van der Waals surface area contributed by atoms with Gasteiger partial charge in [-0.15, -0.1) is 0 Å². The molecule has 0 radical (unpaired) electrons. The van der Waals surface area contributed by atoms with Gasteiger partial charge in [0.05, 0.1) is 5.56 Å². The SMILES string of the molecule is C=CCOC(=O)N1CC(c2ccc(C(=O)O)cc2)C1. The Morgan fingerprint density at radius 3 is 2.53 bits per heavy atom. The number of carbonyl (C=O) groups excluding carboxylic acids is 1. The molecule has 0 atom stereocenters. The summed E-state index contributed by atoms with van der Waals surface area (Å²) in [6.07, 6.45) is 1.19. The molecule has 0 aromatic heterocycles. The fourth-order valence-electron chi connectivity index (χ4n) is 1.96. The molecule has 5 nitrogen and oxygen atoms in total. The predicted octanol–water partition coefficient (Wildman–Crippen LogP) is 2.11. The van der Waals surface area contributed by atoms with Crippen LogP contribution in [-0.2, 0) is 4.74 Å². The highest BCUT2D eigenvalue weighted by atomic mass is 16.6. The second-order valence-electron chi connectivity index (χ2n) is 4.39. The molecule has 1 amide bonds. The fraction of sp³-hybridized carbons (Fsp3) is 0.286. The van der Waals surface area contributed by atoms with Gasteiger partial charge < -0.3 is 14.7 Å². The topological polar surface area (TPSA) is 66.8 Å². The number of likely N-dealkylation sites (tertiary alicyclic amines) is 1. The Labute approximate surface area is 111 Å². The van der Waals surface area contributed by atoms with E-state index in [1.165, 1.54) is 6.08 Å². The number of benzene rings is 1. The summed E-state index contributed by atoms with van der Waals surface area (Å²) in [5, 5.41) is 8.81. The third-order valence-corrected chi connectivity index (χ3v) is 3.09. The number of carbonyl (C=O) groups is 2. The average molecular weight is 261 g/mol. The summed E-state index contributed by atoms with van der Waals surface area (Å²) in [6.45, 7) is 4.89. The third kappa shape index (κ3) is 2.93. The highest BCUT2D eigenvalue weighted by Gasteiger charge is 2.32. The van der Waals surface area contributed by atoms with Crippen LogP contribution in [0.3, 0.4) is 0 Å². The van der Waals surface area contributed by atoms with Crippen LogP contribution in [0.25, 0.3) is 0 Å². The van der Waals surface area contributed by atoms with Gasteiger partial charge in [0.2, 0.25) is 0 Å². The van der Waals surface area contributed by atoms with Crippen LogP contribution in [-0.4, -0.2) is 41.8 Å². The molecule has 2 rings (SSSR count). The molecule has 100 valence electrons. The molecule has 0 spiro atoms. The first-order valence-corrected chi connectivity index (χ1v) is 5.97. The van der Waals surface area contributed by atoms with Crippen molar-refractivity contribution in [1.29, 1.82) is 0 Å². The minimum absolute atomic E-state index is 0.216. The molecule has 1 fully saturated rings.